The van der Waals surface area contributed by atoms with E-state index in [9.17, 15) is 22.7 Å². The molecule has 2 aliphatic rings. The normalized spacial score (nSPS) is 25.2. The van der Waals surface area contributed by atoms with Crippen molar-refractivity contribution >= 4 is 38.3 Å². The number of aryl methyl sites for hydroxylation is 1. The van der Waals surface area contributed by atoms with E-state index in [0.29, 0.717) is 6.42 Å². The molecule has 3 unspecified atom stereocenters. The van der Waals surface area contributed by atoms with Gasteiger partial charge >= 0.3 is 0 Å². The third-order valence-corrected chi connectivity index (χ3v) is 9.58. The fourth-order valence-electron chi connectivity index (χ4n) is 4.85. The van der Waals surface area contributed by atoms with Crippen LogP contribution in [-0.4, -0.2) is 31.6 Å². The number of rotatable bonds is 5. The lowest BCUT2D eigenvalue weighted by molar-refractivity contribution is -0.136. The monoisotopic (exact) mass is 543 g/mol. The van der Waals surface area contributed by atoms with E-state index in [1.807, 2.05) is 18.2 Å². The largest absolute Gasteiger partial charge is 0.381 e. The molecule has 1 saturated carbocycles. The number of carbonyl (C=O) groups is 1. The zero-order valence-corrected chi connectivity index (χ0v) is 19.6. The van der Waals surface area contributed by atoms with Crippen LogP contribution in [0, 0.1) is 21.2 Å². The smallest absolute Gasteiger partial charge is 0.251 e. The van der Waals surface area contributed by atoms with E-state index >= 15 is 0 Å². The van der Waals surface area contributed by atoms with Crippen molar-refractivity contribution in [2.24, 2.45) is 11.8 Å². The molecule has 2 aromatic rings. The maximum atomic E-state index is 13.9. The molecular weight excluding hydrogens is 520 g/mol. The molecule has 8 heteroatoms. The Bertz CT molecular complexity index is 1110. The molecule has 5 nitrogen and oxygen atoms in total. The van der Waals surface area contributed by atoms with Crippen molar-refractivity contribution in [1.29, 1.82) is 0 Å². The lowest BCUT2D eigenvalue weighted by Gasteiger charge is -2.27. The van der Waals surface area contributed by atoms with Crippen LogP contribution in [-0.2, 0) is 25.8 Å². The average Bonchev–Trinajstić information content (AvgIpc) is 3.35. The Kier molecular flexibility index (Phi) is 5.26. The first-order chi connectivity index (χ1) is 14.0. The molecule has 2 N–H and O–H groups in total. The Morgan fingerprint density at radius 3 is 2.57 bits per heavy atom. The second kappa shape index (κ2) is 7.27. The molecule has 0 radical (unpaired) electrons. The van der Waals surface area contributed by atoms with Crippen LogP contribution in [0.3, 0.4) is 0 Å². The summed E-state index contributed by atoms with van der Waals surface area (Å²) in [4.78, 5) is 12.3. The van der Waals surface area contributed by atoms with Crippen LogP contribution < -0.4 is 5.32 Å². The zero-order chi connectivity index (χ0) is 21.9. The summed E-state index contributed by atoms with van der Waals surface area (Å²) in [6.07, 6.45) is 1.46. The van der Waals surface area contributed by atoms with Crippen molar-refractivity contribution in [2.45, 2.75) is 41.9 Å². The average molecular weight is 543 g/mol. The maximum Gasteiger partial charge on any atom is 0.251 e. The summed E-state index contributed by atoms with van der Waals surface area (Å²) in [5.74, 6) is -1.50. The van der Waals surface area contributed by atoms with Crippen LogP contribution in [0.15, 0.2) is 47.4 Å². The summed E-state index contributed by atoms with van der Waals surface area (Å²) in [5.41, 5.74) is 0.225. The van der Waals surface area contributed by atoms with Crippen molar-refractivity contribution in [1.82, 2.24) is 5.32 Å². The molecule has 0 aliphatic heterocycles. The highest BCUT2D eigenvalue weighted by atomic mass is 127. The van der Waals surface area contributed by atoms with E-state index in [2.05, 4.69) is 27.9 Å². The SMILES string of the molecule is CC(C)(O)C(=O)NCC1C2CCc3cc(I)ccc3C21S(=O)(=O)c1ccc(F)cc1. The third kappa shape index (κ3) is 3.27. The fraction of sp³-hybridized carbons (Fsp3) is 0.409. The number of aliphatic hydroxyl groups is 1. The predicted molar refractivity (Wildman–Crippen MR) is 119 cm³/mol. The molecule has 0 spiro atoms. The number of halogens is 2. The van der Waals surface area contributed by atoms with Gasteiger partial charge in [-0.3, -0.25) is 4.79 Å². The number of nitrogens with one attached hydrogen (secondary N) is 1. The Labute approximate surface area is 189 Å². The van der Waals surface area contributed by atoms with E-state index in [-0.39, 0.29) is 23.3 Å². The van der Waals surface area contributed by atoms with Gasteiger partial charge in [0.2, 0.25) is 0 Å². The van der Waals surface area contributed by atoms with Gasteiger partial charge in [-0.25, -0.2) is 12.8 Å². The van der Waals surface area contributed by atoms with E-state index in [1.165, 1.54) is 26.0 Å². The number of sulfone groups is 1. The molecule has 0 bridgehead atoms. The molecule has 2 aliphatic carbocycles. The van der Waals surface area contributed by atoms with Gasteiger partial charge in [-0.15, -0.1) is 0 Å². The molecule has 1 amide bonds. The van der Waals surface area contributed by atoms with Crippen LogP contribution in [0.25, 0.3) is 0 Å². The van der Waals surface area contributed by atoms with Gasteiger partial charge in [0.1, 0.15) is 16.2 Å². The number of amides is 1. The number of hydrogen-bond acceptors (Lipinski definition) is 4. The standard InChI is InChI=1S/C22H23FINO4S/c1-21(2,27)20(26)25-12-19-18-9-3-13-11-15(24)6-10-17(13)22(18,19)30(28,29)16-7-4-14(23)5-8-16/h4-8,10-11,18-19,27H,3,9,12H2,1-2H3,(H,25,26). The van der Waals surface area contributed by atoms with E-state index < -0.39 is 31.9 Å². The summed E-state index contributed by atoms with van der Waals surface area (Å²) in [6.45, 7) is 2.94. The zero-order valence-electron chi connectivity index (χ0n) is 16.7. The van der Waals surface area contributed by atoms with Crippen LogP contribution >= 0.6 is 22.6 Å². The number of fused-ring (bicyclic) bond motifs is 3. The van der Waals surface area contributed by atoms with Gasteiger partial charge in [0.05, 0.1) is 4.90 Å². The molecule has 1 fully saturated rings. The molecule has 0 heterocycles. The van der Waals surface area contributed by atoms with E-state index in [1.54, 1.807) is 0 Å². The molecule has 4 rings (SSSR count). The molecular formula is C22H23FINO4S. The second-order valence-electron chi connectivity index (χ2n) is 8.57. The van der Waals surface area contributed by atoms with E-state index in [4.69, 9.17) is 0 Å². The third-order valence-electron chi connectivity index (χ3n) is 6.30. The Hall–Kier alpha value is -1.52. The van der Waals surface area contributed by atoms with Crippen molar-refractivity contribution in [3.63, 3.8) is 0 Å². The van der Waals surface area contributed by atoms with Crippen molar-refractivity contribution in [3.8, 4) is 0 Å². The lowest BCUT2D eigenvalue weighted by Crippen LogP contribution is -2.43. The van der Waals surface area contributed by atoms with Crippen molar-refractivity contribution in [3.05, 3.63) is 63.0 Å². The summed E-state index contributed by atoms with van der Waals surface area (Å²) in [6, 6.07) is 10.7. The highest BCUT2D eigenvalue weighted by molar-refractivity contribution is 14.1. The summed E-state index contributed by atoms with van der Waals surface area (Å²) in [7, 11) is -3.85. The Morgan fingerprint density at radius 1 is 1.27 bits per heavy atom. The number of carbonyl (C=O) groups excluding carboxylic acids is 1. The first-order valence-corrected chi connectivity index (χ1v) is 12.4. The van der Waals surface area contributed by atoms with Crippen molar-refractivity contribution < 1.29 is 22.7 Å². The van der Waals surface area contributed by atoms with Gasteiger partial charge in [0.15, 0.2) is 9.84 Å². The molecule has 0 saturated heterocycles. The highest BCUT2D eigenvalue weighted by Gasteiger charge is 2.74. The van der Waals surface area contributed by atoms with Crippen LogP contribution in [0.1, 0.15) is 31.4 Å². The Morgan fingerprint density at radius 2 is 1.93 bits per heavy atom. The summed E-state index contributed by atoms with van der Waals surface area (Å²) >= 11 is 2.21. The quantitative estimate of drug-likeness (QED) is 0.449. The number of hydrogen-bond donors (Lipinski definition) is 2. The molecule has 2 aromatic carbocycles. The lowest BCUT2D eigenvalue weighted by atomic mass is 9.91. The van der Waals surface area contributed by atoms with Crippen LogP contribution in [0.4, 0.5) is 4.39 Å². The van der Waals surface area contributed by atoms with Gasteiger partial charge in [0, 0.05) is 16.0 Å². The van der Waals surface area contributed by atoms with E-state index in [0.717, 1.165) is 33.3 Å². The molecule has 30 heavy (non-hydrogen) atoms. The minimum atomic E-state index is -3.85. The maximum absolute atomic E-state index is 13.9. The molecule has 3 atom stereocenters. The second-order valence-corrected chi connectivity index (χ2v) is 12.0. The first-order valence-electron chi connectivity index (χ1n) is 9.79. The van der Waals surface area contributed by atoms with Gasteiger partial charge in [0.25, 0.3) is 5.91 Å². The molecule has 0 aromatic heterocycles. The fourth-order valence-corrected chi connectivity index (χ4v) is 8.04. The van der Waals surface area contributed by atoms with Crippen LogP contribution in [0.5, 0.6) is 0 Å². The summed E-state index contributed by atoms with van der Waals surface area (Å²) < 4.78 is 41.1. The number of benzene rings is 2. The van der Waals surface area contributed by atoms with Gasteiger partial charge in [-0.05, 0) is 103 Å². The van der Waals surface area contributed by atoms with Gasteiger partial charge in [-0.1, -0.05) is 6.07 Å². The molecule has 160 valence electrons. The highest BCUT2D eigenvalue weighted by Crippen LogP contribution is 2.69. The minimum Gasteiger partial charge on any atom is -0.381 e. The topological polar surface area (TPSA) is 83.5 Å². The van der Waals surface area contributed by atoms with Gasteiger partial charge in [-0.2, -0.15) is 0 Å². The first kappa shape index (κ1) is 21.7. The Balaban J connectivity index is 1.79. The van der Waals surface area contributed by atoms with Gasteiger partial charge < -0.3 is 10.4 Å². The van der Waals surface area contributed by atoms with Crippen LogP contribution in [0.2, 0.25) is 0 Å². The minimum absolute atomic E-state index is 0.0802. The van der Waals surface area contributed by atoms with Crippen molar-refractivity contribution in [2.75, 3.05) is 6.54 Å². The summed E-state index contributed by atoms with van der Waals surface area (Å²) in [5, 5.41) is 12.7. The predicted octanol–water partition coefficient (Wildman–Crippen LogP) is 3.18.